The van der Waals surface area contributed by atoms with Gasteiger partial charge in [-0.05, 0) is 24.6 Å². The van der Waals surface area contributed by atoms with Crippen molar-refractivity contribution in [2.45, 2.75) is 13.0 Å². The minimum atomic E-state index is -0.753. The number of hydrogen-bond donors (Lipinski definition) is 1. The SMILES string of the molecule is CS(=O)CCCn1c(N)nc2cc(Br)ccc21. The number of fused-ring (bicyclic) bond motifs is 1. The molecule has 0 saturated heterocycles. The van der Waals surface area contributed by atoms with E-state index in [4.69, 9.17) is 5.73 Å². The van der Waals surface area contributed by atoms with E-state index in [2.05, 4.69) is 20.9 Å². The van der Waals surface area contributed by atoms with Crippen LogP contribution in [0.3, 0.4) is 0 Å². The first-order valence-corrected chi connectivity index (χ1v) is 7.81. The summed E-state index contributed by atoms with van der Waals surface area (Å²) < 4.78 is 14.0. The second-order valence-corrected chi connectivity index (χ2v) is 6.36. The lowest BCUT2D eigenvalue weighted by molar-refractivity contribution is 0.671. The number of aromatic nitrogens is 2. The summed E-state index contributed by atoms with van der Waals surface area (Å²) in [5.41, 5.74) is 7.79. The molecule has 17 heavy (non-hydrogen) atoms. The van der Waals surface area contributed by atoms with Gasteiger partial charge in [-0.25, -0.2) is 4.98 Å². The zero-order chi connectivity index (χ0) is 12.4. The van der Waals surface area contributed by atoms with Crippen molar-refractivity contribution in [2.75, 3.05) is 17.7 Å². The average molecular weight is 316 g/mol. The topological polar surface area (TPSA) is 60.9 Å². The molecule has 1 aromatic carbocycles. The molecular formula is C11H14BrN3OS. The summed E-state index contributed by atoms with van der Waals surface area (Å²) in [7, 11) is -0.753. The molecule has 2 aromatic rings. The van der Waals surface area contributed by atoms with Crippen LogP contribution in [-0.4, -0.2) is 25.8 Å². The molecule has 2 rings (SSSR count). The lowest BCUT2D eigenvalue weighted by Crippen LogP contribution is -2.06. The van der Waals surface area contributed by atoms with Crippen molar-refractivity contribution < 1.29 is 4.21 Å². The zero-order valence-corrected chi connectivity index (χ0v) is 11.9. The standard InChI is InChI=1S/C11H14BrN3OS/c1-17(16)6-2-5-15-10-4-3-8(12)7-9(10)14-11(15)13/h3-4,7H,2,5-6H2,1H3,(H2,13,14). The fourth-order valence-electron chi connectivity index (χ4n) is 1.78. The third kappa shape index (κ3) is 2.87. The molecule has 0 aliphatic heterocycles. The highest BCUT2D eigenvalue weighted by molar-refractivity contribution is 9.10. The molecule has 0 aliphatic carbocycles. The zero-order valence-electron chi connectivity index (χ0n) is 9.52. The van der Waals surface area contributed by atoms with E-state index in [1.165, 1.54) is 0 Å². The monoisotopic (exact) mass is 315 g/mol. The fourth-order valence-corrected chi connectivity index (χ4v) is 2.67. The summed E-state index contributed by atoms with van der Waals surface area (Å²) in [6.07, 6.45) is 2.56. The van der Waals surface area contributed by atoms with Crippen LogP contribution in [0.25, 0.3) is 11.0 Å². The van der Waals surface area contributed by atoms with E-state index in [1.807, 2.05) is 22.8 Å². The number of halogens is 1. The molecule has 0 aliphatic rings. The van der Waals surface area contributed by atoms with Crippen molar-refractivity contribution in [3.05, 3.63) is 22.7 Å². The summed E-state index contributed by atoms with van der Waals surface area (Å²) in [5, 5.41) is 0. The van der Waals surface area contributed by atoms with Crippen molar-refractivity contribution in [2.24, 2.45) is 0 Å². The summed E-state index contributed by atoms with van der Waals surface area (Å²) in [5.74, 6) is 1.20. The quantitative estimate of drug-likeness (QED) is 0.940. The van der Waals surface area contributed by atoms with Gasteiger partial charge < -0.3 is 10.3 Å². The second-order valence-electron chi connectivity index (χ2n) is 3.89. The molecule has 2 N–H and O–H groups in total. The molecule has 1 atom stereocenters. The molecule has 6 heteroatoms. The molecule has 0 amide bonds. The Morgan fingerprint density at radius 1 is 1.53 bits per heavy atom. The molecule has 1 aromatic heterocycles. The molecular weight excluding hydrogens is 302 g/mol. The van der Waals surface area contributed by atoms with Gasteiger partial charge in [0, 0.05) is 33.8 Å². The smallest absolute Gasteiger partial charge is 0.201 e. The number of imidazole rings is 1. The van der Waals surface area contributed by atoms with Crippen LogP contribution in [-0.2, 0) is 17.3 Å². The van der Waals surface area contributed by atoms with E-state index in [9.17, 15) is 4.21 Å². The second kappa shape index (κ2) is 5.18. The maximum atomic E-state index is 11.0. The first-order valence-electron chi connectivity index (χ1n) is 5.29. The van der Waals surface area contributed by atoms with Gasteiger partial charge in [0.15, 0.2) is 0 Å². The van der Waals surface area contributed by atoms with E-state index in [0.29, 0.717) is 11.7 Å². The molecule has 0 fully saturated rings. The molecule has 0 bridgehead atoms. The molecule has 1 heterocycles. The highest BCUT2D eigenvalue weighted by atomic mass is 79.9. The average Bonchev–Trinajstić information content (AvgIpc) is 2.54. The van der Waals surface area contributed by atoms with E-state index >= 15 is 0 Å². The largest absolute Gasteiger partial charge is 0.369 e. The Kier molecular flexibility index (Phi) is 3.83. The third-order valence-electron chi connectivity index (χ3n) is 2.55. The van der Waals surface area contributed by atoms with Gasteiger partial charge in [0.25, 0.3) is 0 Å². The summed E-state index contributed by atoms with van der Waals surface area (Å²) in [4.78, 5) is 4.31. The van der Waals surface area contributed by atoms with Gasteiger partial charge in [-0.3, -0.25) is 4.21 Å². The van der Waals surface area contributed by atoms with E-state index in [-0.39, 0.29) is 0 Å². The van der Waals surface area contributed by atoms with Crippen molar-refractivity contribution >= 4 is 43.7 Å². The number of aryl methyl sites for hydroxylation is 1. The summed E-state index contributed by atoms with van der Waals surface area (Å²) in [6.45, 7) is 0.754. The Hall–Kier alpha value is -0.880. The Morgan fingerprint density at radius 3 is 3.00 bits per heavy atom. The molecule has 4 nitrogen and oxygen atoms in total. The van der Waals surface area contributed by atoms with Crippen LogP contribution in [0.5, 0.6) is 0 Å². The number of benzene rings is 1. The van der Waals surface area contributed by atoms with Crippen molar-refractivity contribution in [1.82, 2.24) is 9.55 Å². The van der Waals surface area contributed by atoms with Gasteiger partial charge in [-0.2, -0.15) is 0 Å². The Morgan fingerprint density at radius 2 is 2.29 bits per heavy atom. The number of rotatable bonds is 4. The van der Waals surface area contributed by atoms with Crippen LogP contribution in [0, 0.1) is 0 Å². The van der Waals surface area contributed by atoms with Crippen LogP contribution >= 0.6 is 15.9 Å². The van der Waals surface area contributed by atoms with Crippen LogP contribution in [0.4, 0.5) is 5.95 Å². The molecule has 0 saturated carbocycles. The minimum absolute atomic E-state index is 0.514. The first kappa shape index (κ1) is 12.6. The fraction of sp³-hybridized carbons (Fsp3) is 0.364. The van der Waals surface area contributed by atoms with Gasteiger partial charge >= 0.3 is 0 Å². The first-order chi connectivity index (χ1) is 8.08. The number of nitrogen functional groups attached to an aromatic ring is 1. The predicted octanol–water partition coefficient (Wildman–Crippen LogP) is 2.15. The lowest BCUT2D eigenvalue weighted by atomic mass is 10.3. The molecule has 1 unspecified atom stereocenters. The van der Waals surface area contributed by atoms with Gasteiger partial charge in [0.1, 0.15) is 0 Å². The minimum Gasteiger partial charge on any atom is -0.369 e. The lowest BCUT2D eigenvalue weighted by Gasteiger charge is -2.05. The van der Waals surface area contributed by atoms with E-state index in [0.717, 1.165) is 28.5 Å². The van der Waals surface area contributed by atoms with Gasteiger partial charge in [-0.15, -0.1) is 0 Å². The molecule has 0 radical (unpaired) electrons. The normalized spacial score (nSPS) is 13.1. The van der Waals surface area contributed by atoms with Gasteiger partial charge in [-0.1, -0.05) is 15.9 Å². The van der Waals surface area contributed by atoms with E-state index < -0.39 is 10.8 Å². The van der Waals surface area contributed by atoms with Crippen LogP contribution in [0.15, 0.2) is 22.7 Å². The third-order valence-corrected chi connectivity index (χ3v) is 3.91. The van der Waals surface area contributed by atoms with Gasteiger partial charge in [0.2, 0.25) is 5.95 Å². The number of anilines is 1. The number of hydrogen-bond acceptors (Lipinski definition) is 3. The van der Waals surface area contributed by atoms with Crippen LogP contribution < -0.4 is 5.73 Å². The van der Waals surface area contributed by atoms with Crippen LogP contribution in [0.2, 0.25) is 0 Å². The predicted molar refractivity (Wildman–Crippen MR) is 75.4 cm³/mol. The van der Waals surface area contributed by atoms with Crippen molar-refractivity contribution in [3.63, 3.8) is 0 Å². The van der Waals surface area contributed by atoms with Crippen molar-refractivity contribution in [1.29, 1.82) is 0 Å². The maximum absolute atomic E-state index is 11.0. The maximum Gasteiger partial charge on any atom is 0.201 e. The van der Waals surface area contributed by atoms with Crippen LogP contribution in [0.1, 0.15) is 6.42 Å². The number of nitrogens with zero attached hydrogens (tertiary/aromatic N) is 2. The Labute approximate surface area is 111 Å². The van der Waals surface area contributed by atoms with Crippen molar-refractivity contribution in [3.8, 4) is 0 Å². The highest BCUT2D eigenvalue weighted by Crippen LogP contribution is 2.22. The molecule has 0 spiro atoms. The number of nitrogens with two attached hydrogens (primary N) is 1. The summed E-state index contributed by atoms with van der Waals surface area (Å²) >= 11 is 3.41. The summed E-state index contributed by atoms with van der Waals surface area (Å²) in [6, 6.07) is 5.91. The molecule has 92 valence electrons. The van der Waals surface area contributed by atoms with Gasteiger partial charge in [0.05, 0.1) is 11.0 Å². The Bertz CT molecular complexity index is 567. The Balaban J connectivity index is 2.27. The van der Waals surface area contributed by atoms with E-state index in [1.54, 1.807) is 6.26 Å². The highest BCUT2D eigenvalue weighted by Gasteiger charge is 2.08.